The Hall–Kier alpha value is -2.44. The Morgan fingerprint density at radius 1 is 1.15 bits per heavy atom. The number of benzene rings is 2. The van der Waals surface area contributed by atoms with Gasteiger partial charge in [0.15, 0.2) is 0 Å². The molecule has 27 heavy (non-hydrogen) atoms. The van der Waals surface area contributed by atoms with Crippen molar-refractivity contribution in [2.75, 3.05) is 12.5 Å². The highest BCUT2D eigenvalue weighted by Gasteiger charge is 2.18. The number of hydrogen-bond acceptors (Lipinski definition) is 3. The summed E-state index contributed by atoms with van der Waals surface area (Å²) in [5, 5.41) is 5.34. The molecule has 0 bridgehead atoms. The third kappa shape index (κ3) is 4.84. The molecule has 0 radical (unpaired) electrons. The van der Waals surface area contributed by atoms with Crippen molar-refractivity contribution in [1.29, 1.82) is 0 Å². The molecule has 2 amide bonds. The average Bonchev–Trinajstić information content (AvgIpc) is 2.70. The highest BCUT2D eigenvalue weighted by molar-refractivity contribution is 6.27. The topological polar surface area (TPSA) is 67.4 Å². The number of halogens is 2. The van der Waals surface area contributed by atoms with Crippen molar-refractivity contribution >= 4 is 23.4 Å². The van der Waals surface area contributed by atoms with Gasteiger partial charge in [-0.1, -0.05) is 24.3 Å². The first-order valence-corrected chi connectivity index (χ1v) is 9.18. The second kappa shape index (κ2) is 8.97. The summed E-state index contributed by atoms with van der Waals surface area (Å²) in [6.07, 6.45) is 0.785. The number of rotatable bonds is 6. The second-order valence-corrected chi connectivity index (χ2v) is 6.53. The zero-order chi connectivity index (χ0) is 19.2. The molecule has 0 saturated carbocycles. The second-order valence-electron chi connectivity index (χ2n) is 6.26. The van der Waals surface area contributed by atoms with Crippen LogP contribution in [0, 0.1) is 5.82 Å². The lowest BCUT2D eigenvalue weighted by atomic mass is 9.97. The zero-order valence-electron chi connectivity index (χ0n) is 14.7. The fourth-order valence-electron chi connectivity index (χ4n) is 2.97. The van der Waals surface area contributed by atoms with Crippen molar-refractivity contribution < 1.29 is 18.7 Å². The summed E-state index contributed by atoms with van der Waals surface area (Å²) in [5.41, 5.74) is 3.57. The fourth-order valence-corrected chi connectivity index (χ4v) is 3.07. The number of hydrogen-bond donors (Lipinski definition) is 2. The van der Waals surface area contributed by atoms with Gasteiger partial charge in [0.05, 0.1) is 13.2 Å². The Balaban J connectivity index is 1.63. The molecule has 0 aliphatic carbocycles. The van der Waals surface area contributed by atoms with Crippen LogP contribution in [0.5, 0.6) is 0 Å². The maximum atomic E-state index is 14.3. The van der Waals surface area contributed by atoms with Crippen molar-refractivity contribution in [3.8, 4) is 0 Å². The zero-order valence-corrected chi connectivity index (χ0v) is 15.4. The summed E-state index contributed by atoms with van der Waals surface area (Å²) < 4.78 is 19.7. The van der Waals surface area contributed by atoms with Gasteiger partial charge in [0.1, 0.15) is 11.7 Å². The van der Waals surface area contributed by atoms with E-state index in [-0.39, 0.29) is 30.8 Å². The van der Waals surface area contributed by atoms with E-state index in [1.54, 1.807) is 18.2 Å². The van der Waals surface area contributed by atoms with Gasteiger partial charge >= 0.3 is 0 Å². The first-order chi connectivity index (χ1) is 13.1. The van der Waals surface area contributed by atoms with Crippen LogP contribution in [0.25, 0.3) is 0 Å². The summed E-state index contributed by atoms with van der Waals surface area (Å²) in [5.74, 6) is -1.15. The van der Waals surface area contributed by atoms with Gasteiger partial charge in [-0.25, -0.2) is 4.39 Å². The van der Waals surface area contributed by atoms with Crippen molar-refractivity contribution in [3.63, 3.8) is 0 Å². The Morgan fingerprint density at radius 2 is 2.00 bits per heavy atom. The predicted octanol–water partition coefficient (Wildman–Crippen LogP) is 2.68. The standard InChI is InChI=1S/C20H20ClFN2O3/c21-9-19(25)23-10-13-4-5-15(18(22)8-13)11-24-20(26)16-3-1-2-14-6-7-27-12-17(14)16/h1-5,8H,6-7,9-12H2,(H,23,25)(H,24,26). The molecule has 2 aromatic rings. The van der Waals surface area contributed by atoms with Gasteiger partial charge in [0.2, 0.25) is 5.91 Å². The molecule has 0 unspecified atom stereocenters. The van der Waals surface area contributed by atoms with Crippen LogP contribution in [-0.2, 0) is 35.6 Å². The third-order valence-corrected chi connectivity index (χ3v) is 4.69. The number of amides is 2. The first kappa shape index (κ1) is 19.3. The summed E-state index contributed by atoms with van der Waals surface area (Å²) >= 11 is 5.41. The van der Waals surface area contributed by atoms with E-state index in [2.05, 4.69) is 10.6 Å². The maximum absolute atomic E-state index is 14.3. The number of nitrogens with one attached hydrogen (secondary N) is 2. The number of alkyl halides is 1. The molecular weight excluding hydrogens is 371 g/mol. The fraction of sp³-hybridized carbons (Fsp3) is 0.300. The van der Waals surface area contributed by atoms with E-state index in [1.807, 2.05) is 12.1 Å². The van der Waals surface area contributed by atoms with Gasteiger partial charge in [0.25, 0.3) is 5.91 Å². The molecule has 2 aromatic carbocycles. The van der Waals surface area contributed by atoms with E-state index in [4.69, 9.17) is 16.3 Å². The Labute approximate surface area is 161 Å². The minimum Gasteiger partial charge on any atom is -0.376 e. The summed E-state index contributed by atoms with van der Waals surface area (Å²) in [7, 11) is 0. The van der Waals surface area contributed by atoms with E-state index in [1.165, 1.54) is 6.07 Å². The van der Waals surface area contributed by atoms with E-state index < -0.39 is 5.82 Å². The molecule has 0 atom stereocenters. The molecule has 1 aliphatic heterocycles. The summed E-state index contributed by atoms with van der Waals surface area (Å²) in [4.78, 5) is 23.7. The van der Waals surface area contributed by atoms with Crippen LogP contribution in [-0.4, -0.2) is 24.3 Å². The molecule has 0 spiro atoms. The summed E-state index contributed by atoms with van der Waals surface area (Å²) in [6.45, 7) is 1.34. The lowest BCUT2D eigenvalue weighted by Gasteiger charge is -2.19. The highest BCUT2D eigenvalue weighted by Crippen LogP contribution is 2.21. The Kier molecular flexibility index (Phi) is 6.42. The molecule has 0 saturated heterocycles. The molecule has 1 heterocycles. The van der Waals surface area contributed by atoms with Crippen molar-refractivity contribution in [2.24, 2.45) is 0 Å². The lowest BCUT2D eigenvalue weighted by Crippen LogP contribution is -2.26. The van der Waals surface area contributed by atoms with Gasteiger partial charge in [-0.2, -0.15) is 0 Å². The number of ether oxygens (including phenoxy) is 1. The Bertz CT molecular complexity index is 857. The van der Waals surface area contributed by atoms with E-state index in [0.717, 1.165) is 17.5 Å². The Morgan fingerprint density at radius 3 is 2.78 bits per heavy atom. The van der Waals surface area contributed by atoms with Crippen LogP contribution in [0.15, 0.2) is 36.4 Å². The van der Waals surface area contributed by atoms with Crippen LogP contribution >= 0.6 is 11.6 Å². The highest BCUT2D eigenvalue weighted by atomic mass is 35.5. The molecule has 1 aliphatic rings. The quantitative estimate of drug-likeness (QED) is 0.745. The van der Waals surface area contributed by atoms with Crippen LogP contribution in [0.2, 0.25) is 0 Å². The maximum Gasteiger partial charge on any atom is 0.251 e. The van der Waals surface area contributed by atoms with E-state index in [0.29, 0.717) is 29.9 Å². The number of fused-ring (bicyclic) bond motifs is 1. The first-order valence-electron chi connectivity index (χ1n) is 8.65. The van der Waals surface area contributed by atoms with Crippen LogP contribution in [0.1, 0.15) is 32.6 Å². The molecule has 0 aromatic heterocycles. The monoisotopic (exact) mass is 390 g/mol. The van der Waals surface area contributed by atoms with Crippen molar-refractivity contribution in [1.82, 2.24) is 10.6 Å². The van der Waals surface area contributed by atoms with Gasteiger partial charge in [-0.3, -0.25) is 9.59 Å². The van der Waals surface area contributed by atoms with Gasteiger partial charge in [0, 0.05) is 24.2 Å². The van der Waals surface area contributed by atoms with Crippen molar-refractivity contribution in [2.45, 2.75) is 26.1 Å². The average molecular weight is 391 g/mol. The molecule has 2 N–H and O–H groups in total. The lowest BCUT2D eigenvalue weighted by molar-refractivity contribution is -0.118. The number of carbonyl (C=O) groups excluding carboxylic acids is 2. The molecule has 0 fully saturated rings. The molecule has 5 nitrogen and oxygen atoms in total. The van der Waals surface area contributed by atoms with Crippen LogP contribution in [0.4, 0.5) is 4.39 Å². The minimum atomic E-state index is -0.439. The normalized spacial score (nSPS) is 13.0. The summed E-state index contributed by atoms with van der Waals surface area (Å²) in [6, 6.07) is 10.2. The van der Waals surface area contributed by atoms with Crippen LogP contribution < -0.4 is 10.6 Å². The van der Waals surface area contributed by atoms with Gasteiger partial charge < -0.3 is 15.4 Å². The molecule has 7 heteroatoms. The smallest absolute Gasteiger partial charge is 0.251 e. The SMILES string of the molecule is O=C(CCl)NCc1ccc(CNC(=O)c2cccc3c2COCC3)c(F)c1. The van der Waals surface area contributed by atoms with Crippen LogP contribution in [0.3, 0.4) is 0 Å². The van der Waals surface area contributed by atoms with Crippen molar-refractivity contribution in [3.05, 3.63) is 70.0 Å². The molecule has 3 rings (SSSR count). The minimum absolute atomic E-state index is 0.0729. The van der Waals surface area contributed by atoms with E-state index in [9.17, 15) is 14.0 Å². The number of carbonyl (C=O) groups is 2. The van der Waals surface area contributed by atoms with Gasteiger partial charge in [-0.05, 0) is 35.2 Å². The third-order valence-electron chi connectivity index (χ3n) is 4.45. The molecular formula is C20H20ClFN2O3. The van der Waals surface area contributed by atoms with Gasteiger partial charge in [-0.15, -0.1) is 11.6 Å². The molecule has 142 valence electrons. The largest absolute Gasteiger partial charge is 0.376 e. The predicted molar refractivity (Wildman–Crippen MR) is 99.9 cm³/mol. The van der Waals surface area contributed by atoms with E-state index >= 15 is 0 Å².